The molecule has 0 saturated heterocycles. The average Bonchev–Trinajstić information content (AvgIpc) is 1.90. The van der Waals surface area contributed by atoms with Gasteiger partial charge >= 0.3 is 0 Å². The van der Waals surface area contributed by atoms with Crippen LogP contribution in [0.1, 0.15) is 5.56 Å². The van der Waals surface area contributed by atoms with Gasteiger partial charge < -0.3 is 4.74 Å². The molecule has 0 atom stereocenters. The standard InChI is InChI=1S/C8H8O.V.W/c1-7-3-5-8(9-2)6-4-7;;/h3-5H,2H2,1H3;;/q-2;;. The van der Waals surface area contributed by atoms with Crippen molar-refractivity contribution in [3.63, 3.8) is 0 Å². The molecular weight excluding hydrogens is 347 g/mol. The number of benzene rings is 1. The van der Waals surface area contributed by atoms with Crippen molar-refractivity contribution in [2.24, 2.45) is 0 Å². The molecule has 1 nitrogen and oxygen atoms in total. The van der Waals surface area contributed by atoms with Crippen molar-refractivity contribution in [1.29, 1.82) is 0 Å². The topological polar surface area (TPSA) is 9.23 Å². The summed E-state index contributed by atoms with van der Waals surface area (Å²) in [4.78, 5) is 0. The van der Waals surface area contributed by atoms with Crippen LogP contribution in [-0.2, 0) is 39.6 Å². The van der Waals surface area contributed by atoms with E-state index in [-0.39, 0.29) is 39.6 Å². The predicted octanol–water partition coefficient (Wildman–Crippen LogP) is 1.96. The maximum atomic E-state index is 4.66. The molecular formula is C8H8OVW-2. The average molecular weight is 355 g/mol. The third kappa shape index (κ3) is 4.68. The Morgan fingerprint density at radius 3 is 2.45 bits per heavy atom. The Labute approximate surface area is 93.7 Å². The van der Waals surface area contributed by atoms with Gasteiger partial charge in [-0.15, -0.1) is 12.1 Å². The molecule has 0 spiro atoms. The fourth-order valence-corrected chi connectivity index (χ4v) is 0.578. The fraction of sp³-hybridized carbons (Fsp3) is 0.125. The Bertz CT molecular complexity index is 186. The molecule has 0 fully saturated rings. The van der Waals surface area contributed by atoms with Gasteiger partial charge in [-0.25, -0.2) is 0 Å². The van der Waals surface area contributed by atoms with Crippen LogP contribution in [0.4, 0.5) is 0 Å². The Kier molecular flexibility index (Phi) is 8.78. The minimum absolute atomic E-state index is 0. The van der Waals surface area contributed by atoms with Crippen LogP contribution in [0.3, 0.4) is 0 Å². The maximum absolute atomic E-state index is 4.66. The van der Waals surface area contributed by atoms with Crippen molar-refractivity contribution in [2.75, 3.05) is 0 Å². The Balaban J connectivity index is 0. The van der Waals surface area contributed by atoms with E-state index in [9.17, 15) is 0 Å². The summed E-state index contributed by atoms with van der Waals surface area (Å²) < 4.78 is 4.66. The predicted molar refractivity (Wildman–Crippen MR) is 36.0 cm³/mol. The zero-order valence-electron chi connectivity index (χ0n) is 6.20. The van der Waals surface area contributed by atoms with E-state index in [1.54, 1.807) is 0 Å². The number of hydrogen-bond donors (Lipinski definition) is 0. The first-order valence-electron chi connectivity index (χ1n) is 2.73. The molecule has 0 unspecified atom stereocenters. The largest absolute Gasteiger partial charge is 0.683 e. The summed E-state index contributed by atoms with van der Waals surface area (Å²) in [5.41, 5.74) is 1.18. The normalized spacial score (nSPS) is 7.45. The molecule has 11 heavy (non-hydrogen) atoms. The summed E-state index contributed by atoms with van der Waals surface area (Å²) in [6.07, 6.45) is 0. The SMILES string of the molecule is [CH2-]Oc1[c-]cc(C)cc1.[V].[W]. The van der Waals surface area contributed by atoms with Crippen LogP contribution in [0.15, 0.2) is 18.2 Å². The third-order valence-corrected chi connectivity index (χ3v) is 1.10. The van der Waals surface area contributed by atoms with Gasteiger partial charge in [0.25, 0.3) is 0 Å². The van der Waals surface area contributed by atoms with Gasteiger partial charge in [0.1, 0.15) is 0 Å². The molecule has 1 rings (SSSR count). The van der Waals surface area contributed by atoms with Crippen LogP contribution in [0.5, 0.6) is 5.75 Å². The molecule has 0 aliphatic carbocycles. The summed E-state index contributed by atoms with van der Waals surface area (Å²) in [5, 5.41) is 0. The molecule has 1 aromatic carbocycles. The van der Waals surface area contributed by atoms with Gasteiger partial charge in [-0.2, -0.15) is 24.8 Å². The van der Waals surface area contributed by atoms with E-state index in [0.29, 0.717) is 5.75 Å². The number of ether oxygens (including phenoxy) is 1. The molecule has 0 N–H and O–H groups in total. The van der Waals surface area contributed by atoms with E-state index in [1.165, 1.54) is 5.56 Å². The monoisotopic (exact) mass is 355 g/mol. The molecule has 3 heteroatoms. The van der Waals surface area contributed by atoms with Crippen LogP contribution in [-0.4, -0.2) is 0 Å². The molecule has 59 valence electrons. The van der Waals surface area contributed by atoms with Crippen LogP contribution in [0.2, 0.25) is 0 Å². The van der Waals surface area contributed by atoms with E-state index in [0.717, 1.165) is 0 Å². The quantitative estimate of drug-likeness (QED) is 0.701. The molecule has 0 bridgehead atoms. The fourth-order valence-electron chi connectivity index (χ4n) is 0.578. The summed E-state index contributed by atoms with van der Waals surface area (Å²) in [6.45, 7) is 2.00. The van der Waals surface area contributed by atoms with Gasteiger partial charge in [0.05, 0.1) is 0 Å². The number of aryl methyl sites for hydroxylation is 1. The first-order chi connectivity index (χ1) is 4.33. The molecule has 0 aliphatic rings. The minimum atomic E-state index is 0. The molecule has 1 radical (unpaired) electrons. The van der Waals surface area contributed by atoms with E-state index in [1.807, 2.05) is 25.1 Å². The number of rotatable bonds is 1. The minimum Gasteiger partial charge on any atom is -0.683 e. The van der Waals surface area contributed by atoms with Crippen molar-refractivity contribution >= 4 is 0 Å². The van der Waals surface area contributed by atoms with E-state index < -0.39 is 0 Å². The first kappa shape index (κ1) is 13.9. The van der Waals surface area contributed by atoms with Crippen LogP contribution in [0.25, 0.3) is 0 Å². The third-order valence-electron chi connectivity index (χ3n) is 1.10. The smallest absolute Gasteiger partial charge is 0 e. The van der Waals surface area contributed by atoms with Crippen molar-refractivity contribution in [3.8, 4) is 5.75 Å². The van der Waals surface area contributed by atoms with E-state index in [2.05, 4.69) is 17.9 Å². The Morgan fingerprint density at radius 1 is 1.45 bits per heavy atom. The van der Waals surface area contributed by atoms with E-state index >= 15 is 0 Å². The van der Waals surface area contributed by atoms with E-state index in [4.69, 9.17) is 0 Å². The van der Waals surface area contributed by atoms with Crippen molar-refractivity contribution in [2.45, 2.75) is 6.92 Å². The second-order valence-electron chi connectivity index (χ2n) is 1.87. The molecule has 1 aromatic rings. The van der Waals surface area contributed by atoms with Gasteiger partial charge in [-0.05, 0) is 5.75 Å². The van der Waals surface area contributed by atoms with Gasteiger partial charge in [0.15, 0.2) is 0 Å². The summed E-state index contributed by atoms with van der Waals surface area (Å²) in [7, 11) is 3.25. The first-order valence-corrected chi connectivity index (χ1v) is 2.73. The second kappa shape index (κ2) is 6.97. The zero-order valence-corrected chi connectivity index (χ0v) is 10.5. The van der Waals surface area contributed by atoms with Crippen LogP contribution in [0, 0.1) is 20.1 Å². The molecule has 0 amide bonds. The number of hydrogen-bond acceptors (Lipinski definition) is 1. The van der Waals surface area contributed by atoms with Gasteiger partial charge in [-0.3, -0.25) is 0 Å². The molecule has 0 aromatic heterocycles. The zero-order chi connectivity index (χ0) is 6.69. The maximum Gasteiger partial charge on any atom is 0 e. The second-order valence-corrected chi connectivity index (χ2v) is 1.87. The Hall–Kier alpha value is 0.293. The van der Waals surface area contributed by atoms with Gasteiger partial charge in [0.2, 0.25) is 0 Å². The molecule has 0 aliphatic heterocycles. The molecule has 0 heterocycles. The molecule has 0 saturated carbocycles. The van der Waals surface area contributed by atoms with Crippen LogP contribution >= 0.6 is 0 Å². The van der Waals surface area contributed by atoms with Gasteiger partial charge in [-0.1, -0.05) is 6.92 Å². The van der Waals surface area contributed by atoms with Gasteiger partial charge in [0, 0.05) is 39.6 Å². The van der Waals surface area contributed by atoms with Crippen molar-refractivity contribution in [3.05, 3.63) is 36.9 Å². The summed E-state index contributed by atoms with van der Waals surface area (Å²) in [6, 6.07) is 8.55. The van der Waals surface area contributed by atoms with Crippen molar-refractivity contribution in [1.82, 2.24) is 0 Å². The summed E-state index contributed by atoms with van der Waals surface area (Å²) in [5.74, 6) is 0.681. The van der Waals surface area contributed by atoms with Crippen LogP contribution < -0.4 is 4.74 Å². The Morgan fingerprint density at radius 2 is 2.09 bits per heavy atom. The summed E-state index contributed by atoms with van der Waals surface area (Å²) >= 11 is 0. The van der Waals surface area contributed by atoms with Crippen molar-refractivity contribution < 1.29 is 44.4 Å².